The van der Waals surface area contributed by atoms with Crippen molar-refractivity contribution in [3.05, 3.63) is 59.7 Å². The largest absolute Gasteiger partial charge is 0.497 e. The molecule has 0 aliphatic rings. The number of nitrogens with one attached hydrogen (secondary N) is 1. The SMILES string of the molecule is CCC(Sc1nc(N)c(C#N)c(-c2ccccc2)c1C#N)C(=O)Nc1nc2ccc(OC)cc2s1. The normalized spacial score (nSPS) is 11.4. The summed E-state index contributed by atoms with van der Waals surface area (Å²) >= 11 is 2.49. The van der Waals surface area contributed by atoms with Crippen LogP contribution in [0.25, 0.3) is 21.3 Å². The third kappa shape index (κ3) is 4.90. The number of nitrogen functional groups attached to an aromatic ring is 1. The zero-order chi connectivity index (χ0) is 24.9. The molecule has 0 fully saturated rings. The monoisotopic (exact) mass is 500 g/mol. The molecule has 0 radical (unpaired) electrons. The number of fused-ring (bicyclic) bond motifs is 1. The Kier molecular flexibility index (Phi) is 7.16. The Bertz CT molecular complexity index is 1490. The van der Waals surface area contributed by atoms with Crippen molar-refractivity contribution < 1.29 is 9.53 Å². The lowest BCUT2D eigenvalue weighted by atomic mass is 9.97. The standard InChI is InChI=1S/C25H20N6O2S2/c1-3-19(23(32)31-25-29-18-10-9-15(33-2)11-20(18)35-25)34-24-17(13-27)21(14-7-5-4-6-8-14)16(12-26)22(28)30-24/h4-11,19H,3H2,1-2H3,(H2,28,30)(H,29,31,32). The van der Waals surface area contributed by atoms with Crippen LogP contribution in [-0.2, 0) is 4.79 Å². The molecule has 4 rings (SSSR count). The number of nitrogens with two attached hydrogens (primary N) is 1. The molecule has 35 heavy (non-hydrogen) atoms. The van der Waals surface area contributed by atoms with Crippen LogP contribution in [0.2, 0.25) is 0 Å². The van der Waals surface area contributed by atoms with E-state index in [-0.39, 0.29) is 22.9 Å². The molecular formula is C25H20N6O2S2. The Hall–Kier alpha value is -4.12. The number of benzene rings is 2. The number of nitriles is 2. The minimum Gasteiger partial charge on any atom is -0.497 e. The van der Waals surface area contributed by atoms with E-state index >= 15 is 0 Å². The van der Waals surface area contributed by atoms with E-state index in [0.29, 0.717) is 33.5 Å². The minimum atomic E-state index is -0.563. The Balaban J connectivity index is 1.65. The summed E-state index contributed by atoms with van der Waals surface area (Å²) in [5.41, 5.74) is 8.31. The van der Waals surface area contributed by atoms with Crippen LogP contribution in [0.15, 0.2) is 53.6 Å². The molecule has 0 saturated carbocycles. The molecule has 1 unspecified atom stereocenters. The fraction of sp³-hybridized carbons (Fsp3) is 0.160. The number of aromatic nitrogens is 2. The van der Waals surface area contributed by atoms with Crippen LogP contribution in [0.3, 0.4) is 0 Å². The first-order valence-electron chi connectivity index (χ1n) is 10.6. The van der Waals surface area contributed by atoms with Gasteiger partial charge in [0.05, 0.1) is 28.1 Å². The van der Waals surface area contributed by atoms with E-state index in [2.05, 4.69) is 27.4 Å². The summed E-state index contributed by atoms with van der Waals surface area (Å²) in [4.78, 5) is 21.9. The van der Waals surface area contributed by atoms with Gasteiger partial charge in [-0.2, -0.15) is 10.5 Å². The van der Waals surface area contributed by atoms with Crippen molar-refractivity contribution in [1.82, 2.24) is 9.97 Å². The summed E-state index contributed by atoms with van der Waals surface area (Å²) < 4.78 is 6.14. The number of ether oxygens (including phenoxy) is 1. The van der Waals surface area contributed by atoms with E-state index < -0.39 is 5.25 Å². The van der Waals surface area contributed by atoms with Gasteiger partial charge in [-0.15, -0.1) is 0 Å². The maximum Gasteiger partial charge on any atom is 0.239 e. The number of methoxy groups -OCH3 is 1. The molecule has 2 aromatic heterocycles. The van der Waals surface area contributed by atoms with E-state index in [1.807, 2.05) is 43.3 Å². The molecule has 1 atom stereocenters. The molecule has 2 heterocycles. The Labute approximate surface area is 210 Å². The second kappa shape index (κ2) is 10.4. The number of hydrogen-bond acceptors (Lipinski definition) is 9. The fourth-order valence-electron chi connectivity index (χ4n) is 3.51. The van der Waals surface area contributed by atoms with Gasteiger partial charge in [0.25, 0.3) is 0 Å². The first-order valence-corrected chi connectivity index (χ1v) is 12.3. The summed E-state index contributed by atoms with van der Waals surface area (Å²) in [6, 6.07) is 18.8. The molecule has 4 aromatic rings. The first-order chi connectivity index (χ1) is 17.0. The maximum atomic E-state index is 13.1. The van der Waals surface area contributed by atoms with E-state index in [9.17, 15) is 15.3 Å². The van der Waals surface area contributed by atoms with Gasteiger partial charge in [-0.25, -0.2) is 9.97 Å². The molecule has 0 aliphatic heterocycles. The molecule has 2 aromatic carbocycles. The molecule has 8 nitrogen and oxygen atoms in total. The van der Waals surface area contributed by atoms with Crippen LogP contribution < -0.4 is 15.8 Å². The van der Waals surface area contributed by atoms with Crippen molar-refractivity contribution in [3.8, 4) is 29.0 Å². The number of pyridine rings is 1. The second-order valence-electron chi connectivity index (χ2n) is 7.37. The molecule has 1 amide bonds. The zero-order valence-electron chi connectivity index (χ0n) is 18.9. The van der Waals surface area contributed by atoms with Crippen LogP contribution in [0.1, 0.15) is 24.5 Å². The first kappa shape index (κ1) is 24.0. The molecule has 10 heteroatoms. The average Bonchev–Trinajstić information content (AvgIpc) is 3.28. The van der Waals surface area contributed by atoms with Gasteiger partial charge in [0.2, 0.25) is 5.91 Å². The summed E-state index contributed by atoms with van der Waals surface area (Å²) in [5, 5.41) is 22.7. The lowest BCUT2D eigenvalue weighted by molar-refractivity contribution is -0.115. The van der Waals surface area contributed by atoms with Crippen molar-refractivity contribution in [2.75, 3.05) is 18.2 Å². The summed E-state index contributed by atoms with van der Waals surface area (Å²) in [5.74, 6) is 0.463. The lowest BCUT2D eigenvalue weighted by Crippen LogP contribution is -2.25. The van der Waals surface area contributed by atoms with Crippen molar-refractivity contribution in [3.63, 3.8) is 0 Å². The van der Waals surface area contributed by atoms with Gasteiger partial charge < -0.3 is 15.8 Å². The fourth-order valence-corrected chi connectivity index (χ4v) is 5.42. The predicted molar refractivity (Wildman–Crippen MR) is 138 cm³/mol. The van der Waals surface area contributed by atoms with E-state index in [4.69, 9.17) is 10.5 Å². The van der Waals surface area contributed by atoms with Crippen LogP contribution in [0.5, 0.6) is 5.75 Å². The number of rotatable bonds is 7. The van der Waals surface area contributed by atoms with Crippen molar-refractivity contribution in [2.45, 2.75) is 23.6 Å². The van der Waals surface area contributed by atoms with Crippen molar-refractivity contribution in [2.24, 2.45) is 0 Å². The van der Waals surface area contributed by atoms with Gasteiger partial charge in [-0.1, -0.05) is 60.4 Å². The molecule has 3 N–H and O–H groups in total. The van der Waals surface area contributed by atoms with Crippen molar-refractivity contribution >= 4 is 50.2 Å². The molecular weight excluding hydrogens is 480 g/mol. The number of carbonyl (C=O) groups is 1. The molecule has 0 saturated heterocycles. The Morgan fingerprint density at radius 1 is 1.17 bits per heavy atom. The zero-order valence-corrected chi connectivity index (χ0v) is 20.5. The maximum absolute atomic E-state index is 13.1. The van der Waals surface area contributed by atoms with E-state index in [1.54, 1.807) is 19.2 Å². The number of thiazole rings is 1. The van der Waals surface area contributed by atoms with Gasteiger partial charge in [0.1, 0.15) is 34.3 Å². The highest BCUT2D eigenvalue weighted by Gasteiger charge is 2.26. The smallest absolute Gasteiger partial charge is 0.239 e. The van der Waals surface area contributed by atoms with Crippen LogP contribution >= 0.6 is 23.1 Å². The highest BCUT2D eigenvalue weighted by atomic mass is 32.2. The van der Waals surface area contributed by atoms with Crippen LogP contribution in [0, 0.1) is 22.7 Å². The molecule has 0 bridgehead atoms. The summed E-state index contributed by atoms with van der Waals surface area (Å²) in [6.45, 7) is 1.87. The number of hydrogen-bond donors (Lipinski definition) is 2. The summed E-state index contributed by atoms with van der Waals surface area (Å²) in [6.07, 6.45) is 0.475. The number of carbonyl (C=O) groups excluding carboxylic acids is 1. The third-order valence-corrected chi connectivity index (χ3v) is 7.51. The predicted octanol–water partition coefficient (Wildman–Crippen LogP) is 5.20. The second-order valence-corrected chi connectivity index (χ2v) is 9.60. The number of anilines is 2. The topological polar surface area (TPSA) is 138 Å². The van der Waals surface area contributed by atoms with Crippen molar-refractivity contribution in [1.29, 1.82) is 10.5 Å². The van der Waals surface area contributed by atoms with E-state index in [0.717, 1.165) is 22.0 Å². The molecule has 0 aliphatic carbocycles. The van der Waals surface area contributed by atoms with Gasteiger partial charge in [-0.05, 0) is 30.2 Å². The molecule has 0 spiro atoms. The van der Waals surface area contributed by atoms with Crippen LogP contribution in [-0.4, -0.2) is 28.2 Å². The number of thioether (sulfide) groups is 1. The van der Waals surface area contributed by atoms with Crippen LogP contribution in [0.4, 0.5) is 10.9 Å². The third-order valence-electron chi connectivity index (χ3n) is 5.22. The Morgan fingerprint density at radius 3 is 2.57 bits per heavy atom. The average molecular weight is 501 g/mol. The van der Waals surface area contributed by atoms with E-state index in [1.165, 1.54) is 11.3 Å². The quantitative estimate of drug-likeness (QED) is 0.330. The van der Waals surface area contributed by atoms with Gasteiger partial charge in [0, 0.05) is 5.56 Å². The summed E-state index contributed by atoms with van der Waals surface area (Å²) in [7, 11) is 1.59. The highest BCUT2D eigenvalue weighted by molar-refractivity contribution is 8.00. The van der Waals surface area contributed by atoms with Gasteiger partial charge >= 0.3 is 0 Å². The highest BCUT2D eigenvalue weighted by Crippen LogP contribution is 2.38. The van der Waals surface area contributed by atoms with Gasteiger partial charge in [0.15, 0.2) is 5.13 Å². The Morgan fingerprint density at radius 2 is 1.91 bits per heavy atom. The number of amides is 1. The molecule has 174 valence electrons. The minimum absolute atomic E-state index is 0.0169. The lowest BCUT2D eigenvalue weighted by Gasteiger charge is -2.17. The number of nitrogens with zero attached hydrogens (tertiary/aromatic N) is 4. The van der Waals surface area contributed by atoms with Gasteiger partial charge in [-0.3, -0.25) is 4.79 Å².